The van der Waals surface area contributed by atoms with Crippen LogP contribution in [0.2, 0.25) is 0 Å². The zero-order chi connectivity index (χ0) is 15.0. The minimum atomic E-state index is -0.376. The summed E-state index contributed by atoms with van der Waals surface area (Å²) >= 11 is 0. The van der Waals surface area contributed by atoms with Crippen LogP contribution in [0.1, 0.15) is 28.4 Å². The topological polar surface area (TPSA) is 38.3 Å². The molecule has 0 saturated carbocycles. The van der Waals surface area contributed by atoms with Crippen LogP contribution in [0.15, 0.2) is 42.5 Å². The molecule has 2 aromatic rings. The van der Waals surface area contributed by atoms with Gasteiger partial charge in [-0.15, -0.1) is 0 Å². The number of methoxy groups -OCH3 is 1. The standard InChI is InChI=1S/C17H16FNO2/c1-17(13-4-3-5-14(18)9-13)10-12-8-11(16(20)21-2)6-7-15(12)19-17/h3-9,19H,10H2,1-2H3/t17-/m1/s1. The molecule has 108 valence electrons. The van der Waals surface area contributed by atoms with Gasteiger partial charge in [0.25, 0.3) is 0 Å². The molecule has 3 nitrogen and oxygen atoms in total. The molecule has 1 heterocycles. The number of rotatable bonds is 2. The summed E-state index contributed by atoms with van der Waals surface area (Å²) in [4.78, 5) is 11.6. The zero-order valence-corrected chi connectivity index (χ0v) is 11.9. The summed E-state index contributed by atoms with van der Waals surface area (Å²) in [5, 5.41) is 3.42. The Kier molecular flexibility index (Phi) is 3.16. The van der Waals surface area contributed by atoms with E-state index >= 15 is 0 Å². The summed E-state index contributed by atoms with van der Waals surface area (Å²) in [5.41, 5.74) is 3.04. The molecule has 0 fully saturated rings. The van der Waals surface area contributed by atoms with E-state index in [1.165, 1.54) is 13.2 Å². The van der Waals surface area contributed by atoms with Crippen molar-refractivity contribution in [2.75, 3.05) is 12.4 Å². The lowest BCUT2D eigenvalue weighted by Crippen LogP contribution is -2.29. The molecule has 0 saturated heterocycles. The summed E-state index contributed by atoms with van der Waals surface area (Å²) in [6.07, 6.45) is 0.691. The van der Waals surface area contributed by atoms with Gasteiger partial charge >= 0.3 is 5.97 Å². The number of carbonyl (C=O) groups is 1. The molecule has 1 aliphatic heterocycles. The van der Waals surface area contributed by atoms with Crippen LogP contribution in [0.25, 0.3) is 0 Å². The first-order valence-corrected chi connectivity index (χ1v) is 6.77. The Balaban J connectivity index is 1.95. The number of carbonyl (C=O) groups excluding carboxylic acids is 1. The van der Waals surface area contributed by atoms with E-state index in [0.717, 1.165) is 16.8 Å². The van der Waals surface area contributed by atoms with Crippen LogP contribution in [0, 0.1) is 5.82 Å². The number of ether oxygens (including phenoxy) is 1. The van der Waals surface area contributed by atoms with Crippen molar-refractivity contribution < 1.29 is 13.9 Å². The Morgan fingerprint density at radius 1 is 1.29 bits per heavy atom. The first kappa shape index (κ1) is 13.6. The number of anilines is 1. The highest BCUT2D eigenvalue weighted by Crippen LogP contribution is 2.39. The molecule has 4 heteroatoms. The average Bonchev–Trinajstić information content (AvgIpc) is 2.83. The van der Waals surface area contributed by atoms with Gasteiger partial charge in [-0.3, -0.25) is 0 Å². The predicted octanol–water partition coefficient (Wildman–Crippen LogP) is 3.50. The first-order valence-electron chi connectivity index (χ1n) is 6.77. The second kappa shape index (κ2) is 4.88. The number of benzene rings is 2. The van der Waals surface area contributed by atoms with Crippen LogP contribution >= 0.6 is 0 Å². The van der Waals surface area contributed by atoms with Gasteiger partial charge in [0.05, 0.1) is 18.2 Å². The average molecular weight is 285 g/mol. The van der Waals surface area contributed by atoms with Gasteiger partial charge in [-0.25, -0.2) is 9.18 Å². The van der Waals surface area contributed by atoms with E-state index in [2.05, 4.69) is 5.32 Å². The van der Waals surface area contributed by atoms with Gasteiger partial charge in [0.15, 0.2) is 0 Å². The number of halogens is 1. The molecule has 3 rings (SSSR count). The van der Waals surface area contributed by atoms with Gasteiger partial charge < -0.3 is 10.1 Å². The van der Waals surface area contributed by atoms with Gasteiger partial charge in [0.2, 0.25) is 0 Å². The van der Waals surface area contributed by atoms with Gasteiger partial charge in [0.1, 0.15) is 5.82 Å². The largest absolute Gasteiger partial charge is 0.465 e. The lowest BCUT2D eigenvalue weighted by Gasteiger charge is -2.26. The molecule has 0 aromatic heterocycles. The maximum atomic E-state index is 13.4. The van der Waals surface area contributed by atoms with Gasteiger partial charge in [-0.2, -0.15) is 0 Å². The Morgan fingerprint density at radius 2 is 2.10 bits per heavy atom. The Morgan fingerprint density at radius 3 is 2.81 bits per heavy atom. The number of hydrogen-bond donors (Lipinski definition) is 1. The van der Waals surface area contributed by atoms with Gasteiger partial charge in [-0.05, 0) is 48.4 Å². The van der Waals surface area contributed by atoms with E-state index in [-0.39, 0.29) is 17.3 Å². The fourth-order valence-corrected chi connectivity index (χ4v) is 2.83. The Bertz CT molecular complexity index is 714. The van der Waals surface area contributed by atoms with Crippen molar-refractivity contribution in [3.8, 4) is 0 Å². The summed E-state index contributed by atoms with van der Waals surface area (Å²) < 4.78 is 18.2. The number of nitrogens with one attached hydrogen (secondary N) is 1. The van der Waals surface area contributed by atoms with Gasteiger partial charge in [-0.1, -0.05) is 12.1 Å². The number of fused-ring (bicyclic) bond motifs is 1. The van der Waals surface area contributed by atoms with Crippen molar-refractivity contribution in [3.05, 3.63) is 65.0 Å². The fraction of sp³-hybridized carbons (Fsp3) is 0.235. The molecule has 1 aliphatic rings. The predicted molar refractivity (Wildman–Crippen MR) is 78.9 cm³/mol. The van der Waals surface area contributed by atoms with E-state index < -0.39 is 0 Å². The summed E-state index contributed by atoms with van der Waals surface area (Å²) in [5.74, 6) is -0.598. The van der Waals surface area contributed by atoms with Crippen molar-refractivity contribution in [3.63, 3.8) is 0 Å². The molecule has 1 atom stereocenters. The molecule has 0 bridgehead atoms. The zero-order valence-electron chi connectivity index (χ0n) is 11.9. The lowest BCUT2D eigenvalue weighted by molar-refractivity contribution is 0.0600. The highest BCUT2D eigenvalue weighted by molar-refractivity contribution is 5.90. The van der Waals surface area contributed by atoms with Crippen LogP contribution < -0.4 is 5.32 Å². The van der Waals surface area contributed by atoms with E-state index in [1.54, 1.807) is 18.2 Å². The molecule has 2 aromatic carbocycles. The number of esters is 1. The van der Waals surface area contributed by atoms with E-state index in [1.807, 2.05) is 25.1 Å². The van der Waals surface area contributed by atoms with Crippen molar-refractivity contribution in [1.82, 2.24) is 0 Å². The molecule has 21 heavy (non-hydrogen) atoms. The SMILES string of the molecule is COC(=O)c1ccc2c(c1)C[C@](C)(c1cccc(F)c1)N2. The third-order valence-electron chi connectivity index (χ3n) is 3.94. The number of hydrogen-bond acceptors (Lipinski definition) is 3. The Labute approximate surface area is 122 Å². The highest BCUT2D eigenvalue weighted by atomic mass is 19.1. The molecule has 0 aliphatic carbocycles. The fourth-order valence-electron chi connectivity index (χ4n) is 2.83. The van der Waals surface area contributed by atoms with Crippen molar-refractivity contribution in [1.29, 1.82) is 0 Å². The lowest BCUT2D eigenvalue weighted by atomic mass is 9.89. The molecule has 0 amide bonds. The Hall–Kier alpha value is -2.36. The highest BCUT2D eigenvalue weighted by Gasteiger charge is 2.34. The summed E-state index contributed by atoms with van der Waals surface area (Å²) in [7, 11) is 1.37. The second-order valence-corrected chi connectivity index (χ2v) is 5.51. The van der Waals surface area contributed by atoms with Crippen LogP contribution in [0.5, 0.6) is 0 Å². The molecule has 0 radical (unpaired) electrons. The minimum absolute atomic E-state index is 0.248. The maximum absolute atomic E-state index is 13.4. The van der Waals surface area contributed by atoms with Crippen molar-refractivity contribution >= 4 is 11.7 Å². The van der Waals surface area contributed by atoms with Crippen molar-refractivity contribution in [2.24, 2.45) is 0 Å². The second-order valence-electron chi connectivity index (χ2n) is 5.51. The summed E-state index contributed by atoms with van der Waals surface area (Å²) in [6.45, 7) is 2.03. The monoisotopic (exact) mass is 285 g/mol. The van der Waals surface area contributed by atoms with E-state index in [4.69, 9.17) is 4.74 Å². The minimum Gasteiger partial charge on any atom is -0.465 e. The van der Waals surface area contributed by atoms with Crippen LogP contribution in [-0.4, -0.2) is 13.1 Å². The third kappa shape index (κ3) is 2.37. The third-order valence-corrected chi connectivity index (χ3v) is 3.94. The maximum Gasteiger partial charge on any atom is 0.337 e. The molecule has 0 unspecified atom stereocenters. The van der Waals surface area contributed by atoms with Crippen LogP contribution in [0.4, 0.5) is 10.1 Å². The van der Waals surface area contributed by atoms with E-state index in [0.29, 0.717) is 12.0 Å². The van der Waals surface area contributed by atoms with Crippen LogP contribution in [0.3, 0.4) is 0 Å². The molecule has 1 N–H and O–H groups in total. The van der Waals surface area contributed by atoms with Crippen molar-refractivity contribution in [2.45, 2.75) is 18.9 Å². The molecular formula is C17H16FNO2. The smallest absolute Gasteiger partial charge is 0.337 e. The normalized spacial score (nSPS) is 19.8. The quantitative estimate of drug-likeness (QED) is 0.858. The first-order chi connectivity index (χ1) is 10.0. The van der Waals surface area contributed by atoms with Gasteiger partial charge in [0, 0.05) is 12.1 Å². The van der Waals surface area contributed by atoms with Crippen LogP contribution in [-0.2, 0) is 16.7 Å². The molecular weight excluding hydrogens is 269 g/mol. The summed E-state index contributed by atoms with van der Waals surface area (Å²) in [6, 6.07) is 12.0. The van der Waals surface area contributed by atoms with E-state index in [9.17, 15) is 9.18 Å². The molecule has 0 spiro atoms.